The summed E-state index contributed by atoms with van der Waals surface area (Å²) in [5.41, 5.74) is 3.92. The summed E-state index contributed by atoms with van der Waals surface area (Å²) in [5, 5.41) is 14.0. The SMILES string of the molecule is CCOc1cc(CNC(Cc2c[nH]c3ccccc23)C(=O)O)cc(Br)c1OCc1ccccc1. The fourth-order valence-corrected chi connectivity index (χ4v) is 4.47. The maximum atomic E-state index is 12.0. The molecule has 3 aromatic carbocycles. The first-order valence-corrected chi connectivity index (χ1v) is 12.0. The van der Waals surface area contributed by atoms with Crippen LogP contribution in [0.5, 0.6) is 11.5 Å². The number of rotatable bonds is 11. The quantitative estimate of drug-likeness (QED) is 0.235. The second-order valence-corrected chi connectivity index (χ2v) is 8.80. The lowest BCUT2D eigenvalue weighted by atomic mass is 10.0. The van der Waals surface area contributed by atoms with Crippen molar-refractivity contribution in [3.05, 3.63) is 94.1 Å². The third-order valence-electron chi connectivity index (χ3n) is 5.54. The Morgan fingerprint density at radius 1 is 1.06 bits per heavy atom. The minimum absolute atomic E-state index is 0.372. The van der Waals surface area contributed by atoms with E-state index < -0.39 is 12.0 Å². The molecule has 176 valence electrons. The number of nitrogens with one attached hydrogen (secondary N) is 2. The predicted octanol–water partition coefficient (Wildman–Crippen LogP) is 5.69. The zero-order valence-corrected chi connectivity index (χ0v) is 20.5. The second kappa shape index (κ2) is 11.2. The Morgan fingerprint density at radius 2 is 1.82 bits per heavy atom. The van der Waals surface area contributed by atoms with Crippen LogP contribution in [0.25, 0.3) is 10.9 Å². The number of para-hydroxylation sites is 1. The zero-order chi connectivity index (χ0) is 23.9. The van der Waals surface area contributed by atoms with Crippen LogP contribution in [0.4, 0.5) is 0 Å². The highest BCUT2D eigenvalue weighted by Crippen LogP contribution is 2.37. The molecule has 0 radical (unpaired) electrons. The van der Waals surface area contributed by atoms with Gasteiger partial charge in [0.25, 0.3) is 0 Å². The number of carbonyl (C=O) groups is 1. The van der Waals surface area contributed by atoms with Gasteiger partial charge in [-0.05, 0) is 57.7 Å². The standard InChI is InChI=1S/C27H27BrN2O4/c1-2-33-25-13-19(12-22(28)26(25)34-17-18-8-4-3-5-9-18)15-29-24(27(31)32)14-20-16-30-23-11-7-6-10-21(20)23/h3-13,16,24,29-30H,2,14-15,17H2,1H3,(H,31,32). The van der Waals surface area contributed by atoms with Crippen LogP contribution in [0.15, 0.2) is 77.4 Å². The van der Waals surface area contributed by atoms with Gasteiger partial charge in [-0.3, -0.25) is 4.79 Å². The molecule has 34 heavy (non-hydrogen) atoms. The van der Waals surface area contributed by atoms with Crippen LogP contribution >= 0.6 is 15.9 Å². The van der Waals surface area contributed by atoms with E-state index >= 15 is 0 Å². The monoisotopic (exact) mass is 522 g/mol. The van der Waals surface area contributed by atoms with Gasteiger partial charge < -0.3 is 24.9 Å². The van der Waals surface area contributed by atoms with Crippen molar-refractivity contribution in [3.63, 3.8) is 0 Å². The molecule has 0 amide bonds. The lowest BCUT2D eigenvalue weighted by Crippen LogP contribution is -2.38. The van der Waals surface area contributed by atoms with Crippen molar-refractivity contribution in [2.24, 2.45) is 0 Å². The molecular formula is C27H27BrN2O4. The number of benzene rings is 3. The van der Waals surface area contributed by atoms with Crippen LogP contribution in [0.3, 0.4) is 0 Å². The van der Waals surface area contributed by atoms with Crippen molar-refractivity contribution in [2.45, 2.75) is 32.5 Å². The maximum Gasteiger partial charge on any atom is 0.321 e. The first-order chi connectivity index (χ1) is 16.5. The van der Waals surface area contributed by atoms with Crippen LogP contribution in [0, 0.1) is 0 Å². The van der Waals surface area contributed by atoms with Crippen molar-refractivity contribution >= 4 is 32.8 Å². The van der Waals surface area contributed by atoms with Gasteiger partial charge in [0.1, 0.15) is 12.6 Å². The molecule has 4 rings (SSSR count). The van der Waals surface area contributed by atoms with Gasteiger partial charge in [-0.1, -0.05) is 48.5 Å². The van der Waals surface area contributed by atoms with E-state index in [1.54, 1.807) is 0 Å². The number of carboxylic acid groups (broad SMARTS) is 1. The first-order valence-electron chi connectivity index (χ1n) is 11.2. The molecule has 0 aliphatic carbocycles. The molecule has 0 aliphatic heterocycles. The van der Waals surface area contributed by atoms with Crippen molar-refractivity contribution in [3.8, 4) is 11.5 Å². The lowest BCUT2D eigenvalue weighted by Gasteiger charge is -2.18. The molecule has 0 fully saturated rings. The third kappa shape index (κ3) is 5.79. The van der Waals surface area contributed by atoms with Crippen molar-refractivity contribution < 1.29 is 19.4 Å². The van der Waals surface area contributed by atoms with Gasteiger partial charge in [0.05, 0.1) is 11.1 Å². The van der Waals surface area contributed by atoms with Crippen molar-refractivity contribution in [1.29, 1.82) is 0 Å². The Bertz CT molecular complexity index is 1260. The van der Waals surface area contributed by atoms with Crippen LogP contribution in [0.1, 0.15) is 23.6 Å². The Morgan fingerprint density at radius 3 is 2.59 bits per heavy atom. The molecule has 1 aromatic heterocycles. The van der Waals surface area contributed by atoms with E-state index in [1.165, 1.54) is 0 Å². The molecule has 3 N–H and O–H groups in total. The van der Waals surface area contributed by atoms with Gasteiger partial charge in [0.15, 0.2) is 11.5 Å². The van der Waals surface area contributed by atoms with Crippen molar-refractivity contribution in [1.82, 2.24) is 10.3 Å². The van der Waals surface area contributed by atoms with E-state index in [1.807, 2.05) is 79.9 Å². The number of hydrogen-bond donors (Lipinski definition) is 3. The highest BCUT2D eigenvalue weighted by Gasteiger charge is 2.20. The third-order valence-corrected chi connectivity index (χ3v) is 6.13. The van der Waals surface area contributed by atoms with Gasteiger partial charge in [-0.25, -0.2) is 0 Å². The van der Waals surface area contributed by atoms with Crippen molar-refractivity contribution in [2.75, 3.05) is 6.61 Å². The highest BCUT2D eigenvalue weighted by atomic mass is 79.9. The van der Waals surface area contributed by atoms with E-state index in [0.29, 0.717) is 37.7 Å². The topological polar surface area (TPSA) is 83.6 Å². The Kier molecular flexibility index (Phi) is 7.87. The van der Waals surface area contributed by atoms with E-state index in [-0.39, 0.29) is 0 Å². The molecule has 0 saturated heterocycles. The smallest absolute Gasteiger partial charge is 0.321 e. The summed E-state index contributed by atoms with van der Waals surface area (Å²) in [4.78, 5) is 15.2. The number of halogens is 1. The number of aromatic amines is 1. The Labute approximate surface area is 207 Å². The van der Waals surface area contributed by atoms with E-state index in [4.69, 9.17) is 9.47 Å². The average Bonchev–Trinajstić information content (AvgIpc) is 3.24. The summed E-state index contributed by atoms with van der Waals surface area (Å²) in [5.74, 6) is 0.355. The minimum Gasteiger partial charge on any atom is -0.490 e. The van der Waals surface area contributed by atoms with E-state index in [0.717, 1.165) is 32.1 Å². The van der Waals surface area contributed by atoms with Crippen LogP contribution in [-0.2, 0) is 24.4 Å². The minimum atomic E-state index is -0.891. The van der Waals surface area contributed by atoms with Crippen LogP contribution < -0.4 is 14.8 Å². The first kappa shape index (κ1) is 23.9. The number of carboxylic acids is 1. The molecular weight excluding hydrogens is 496 g/mol. The Hall–Kier alpha value is -3.29. The Balaban J connectivity index is 1.47. The summed E-state index contributed by atoms with van der Waals surface area (Å²) >= 11 is 3.60. The maximum absolute atomic E-state index is 12.0. The fraction of sp³-hybridized carbons (Fsp3) is 0.222. The molecule has 0 bridgehead atoms. The molecule has 7 heteroatoms. The van der Waals surface area contributed by atoms with Gasteiger partial charge in [0, 0.05) is 30.1 Å². The number of hydrogen-bond acceptors (Lipinski definition) is 4. The van der Waals surface area contributed by atoms with Gasteiger partial charge in [-0.2, -0.15) is 0 Å². The lowest BCUT2D eigenvalue weighted by molar-refractivity contribution is -0.139. The number of aromatic nitrogens is 1. The average molecular weight is 523 g/mol. The largest absolute Gasteiger partial charge is 0.490 e. The van der Waals surface area contributed by atoms with Gasteiger partial charge in [0.2, 0.25) is 0 Å². The number of aliphatic carboxylic acids is 1. The molecule has 6 nitrogen and oxygen atoms in total. The number of ether oxygens (including phenoxy) is 2. The zero-order valence-electron chi connectivity index (χ0n) is 18.9. The van der Waals surface area contributed by atoms with E-state index in [2.05, 4.69) is 26.2 Å². The van der Waals surface area contributed by atoms with Crippen LogP contribution in [-0.4, -0.2) is 28.7 Å². The molecule has 1 unspecified atom stereocenters. The molecule has 0 aliphatic rings. The number of fused-ring (bicyclic) bond motifs is 1. The predicted molar refractivity (Wildman–Crippen MR) is 136 cm³/mol. The van der Waals surface area contributed by atoms with Gasteiger partial charge >= 0.3 is 5.97 Å². The molecule has 1 atom stereocenters. The van der Waals surface area contributed by atoms with Gasteiger partial charge in [-0.15, -0.1) is 0 Å². The second-order valence-electron chi connectivity index (χ2n) is 7.95. The summed E-state index contributed by atoms with van der Waals surface area (Å²) in [6.45, 7) is 3.20. The summed E-state index contributed by atoms with van der Waals surface area (Å²) in [6, 6.07) is 20.9. The summed E-state index contributed by atoms with van der Waals surface area (Å²) in [6.07, 6.45) is 2.25. The number of H-pyrrole nitrogens is 1. The fourth-order valence-electron chi connectivity index (χ4n) is 3.86. The molecule has 4 aromatic rings. The molecule has 0 saturated carbocycles. The molecule has 1 heterocycles. The van der Waals surface area contributed by atoms with E-state index in [9.17, 15) is 9.90 Å². The highest BCUT2D eigenvalue weighted by molar-refractivity contribution is 9.10. The summed E-state index contributed by atoms with van der Waals surface area (Å²) < 4.78 is 12.6. The normalized spacial score (nSPS) is 11.9. The summed E-state index contributed by atoms with van der Waals surface area (Å²) in [7, 11) is 0. The molecule has 0 spiro atoms. The van der Waals surface area contributed by atoms with Crippen LogP contribution in [0.2, 0.25) is 0 Å².